The maximum atomic E-state index is 12.4. The first-order chi connectivity index (χ1) is 12.1. The van der Waals surface area contributed by atoms with Crippen LogP contribution in [0.15, 0.2) is 53.0 Å². The molecule has 2 atom stereocenters. The third-order valence-electron chi connectivity index (χ3n) is 4.45. The van der Waals surface area contributed by atoms with Gasteiger partial charge in [-0.05, 0) is 29.8 Å². The monoisotopic (exact) mass is 403 g/mol. The molecule has 0 fully saturated rings. The average molecular weight is 404 g/mol. The number of nitrogens with one attached hydrogen (secondary N) is 2. The molecule has 2 aromatic carbocycles. The summed E-state index contributed by atoms with van der Waals surface area (Å²) in [5, 5.41) is 2.89. The Morgan fingerprint density at radius 3 is 2.52 bits per heavy atom. The number of anilines is 1. The first-order valence-electron chi connectivity index (χ1n) is 8.11. The Morgan fingerprint density at radius 1 is 1.16 bits per heavy atom. The average Bonchev–Trinajstić information content (AvgIpc) is 2.62. The van der Waals surface area contributed by atoms with Crippen molar-refractivity contribution in [2.75, 3.05) is 19.0 Å². The first kappa shape index (κ1) is 17.6. The molecule has 0 saturated heterocycles. The topological polar surface area (TPSA) is 59.8 Å². The Hall–Kier alpha value is -2.18. The van der Waals surface area contributed by atoms with E-state index < -0.39 is 0 Å². The van der Waals surface area contributed by atoms with Gasteiger partial charge in [-0.15, -0.1) is 0 Å². The van der Waals surface area contributed by atoms with E-state index in [1.807, 2.05) is 42.5 Å². The number of methoxy groups -OCH3 is 1. The Kier molecular flexibility index (Phi) is 5.50. The van der Waals surface area contributed by atoms with E-state index in [4.69, 9.17) is 4.74 Å². The summed E-state index contributed by atoms with van der Waals surface area (Å²) in [5.74, 6) is -0.397. The van der Waals surface area contributed by atoms with Gasteiger partial charge in [-0.2, -0.15) is 0 Å². The zero-order valence-corrected chi connectivity index (χ0v) is 15.5. The highest BCUT2D eigenvalue weighted by Gasteiger charge is 2.37. The van der Waals surface area contributed by atoms with Gasteiger partial charge < -0.3 is 15.0 Å². The highest BCUT2D eigenvalue weighted by molar-refractivity contribution is 9.10. The number of carbonyl (C=O) groups is 2. The number of hydrogen-bond donors (Lipinski definition) is 2. The summed E-state index contributed by atoms with van der Waals surface area (Å²) in [4.78, 5) is 25.5. The van der Waals surface area contributed by atoms with Crippen LogP contribution < -0.4 is 10.2 Å². The van der Waals surface area contributed by atoms with Crippen LogP contribution in [0.25, 0.3) is 0 Å². The predicted molar refractivity (Wildman–Crippen MR) is 98.3 cm³/mol. The van der Waals surface area contributed by atoms with Crippen LogP contribution in [-0.2, 0) is 27.3 Å². The zero-order chi connectivity index (χ0) is 17.8. The minimum atomic E-state index is -0.365. The fourth-order valence-corrected chi connectivity index (χ4v) is 3.45. The molecule has 0 spiro atoms. The molecule has 2 aromatic rings. The van der Waals surface area contributed by atoms with E-state index >= 15 is 0 Å². The molecule has 0 radical (unpaired) electrons. The van der Waals surface area contributed by atoms with Gasteiger partial charge in [0.1, 0.15) is 6.54 Å². The Labute approximate surface area is 155 Å². The predicted octanol–water partition coefficient (Wildman–Crippen LogP) is 1.57. The van der Waals surface area contributed by atoms with Gasteiger partial charge in [0.2, 0.25) is 0 Å². The molecule has 6 heteroatoms. The quantitative estimate of drug-likeness (QED) is 0.761. The number of carbonyl (C=O) groups excluding carboxylic acids is 2. The van der Waals surface area contributed by atoms with Crippen LogP contribution in [-0.4, -0.2) is 31.6 Å². The normalized spacial score (nSPS) is 19.0. The largest absolute Gasteiger partial charge is 0.465 e. The number of ether oxygens (including phenoxy) is 1. The smallest absolute Gasteiger partial charge is 0.365 e. The van der Waals surface area contributed by atoms with Gasteiger partial charge in [0, 0.05) is 22.1 Å². The van der Waals surface area contributed by atoms with Crippen molar-refractivity contribution < 1.29 is 19.2 Å². The van der Waals surface area contributed by atoms with Crippen molar-refractivity contribution >= 4 is 33.5 Å². The molecular formula is C19H20BrN2O3+. The minimum Gasteiger partial charge on any atom is -0.465 e. The Bertz CT molecular complexity index is 776. The van der Waals surface area contributed by atoms with Crippen LogP contribution in [0.1, 0.15) is 11.1 Å². The van der Waals surface area contributed by atoms with Gasteiger partial charge in [0.25, 0.3) is 5.91 Å². The molecule has 1 aliphatic heterocycles. The van der Waals surface area contributed by atoms with E-state index in [2.05, 4.69) is 27.3 Å². The summed E-state index contributed by atoms with van der Waals surface area (Å²) < 4.78 is 5.90. The molecule has 1 heterocycles. The van der Waals surface area contributed by atoms with Crippen LogP contribution in [0.5, 0.6) is 0 Å². The molecule has 1 amide bonds. The lowest BCUT2D eigenvalue weighted by Crippen LogP contribution is -3.17. The van der Waals surface area contributed by atoms with Crippen molar-refractivity contribution in [1.29, 1.82) is 0 Å². The van der Waals surface area contributed by atoms with Gasteiger partial charge in [0.15, 0.2) is 12.6 Å². The third-order valence-corrected chi connectivity index (χ3v) is 4.98. The summed E-state index contributed by atoms with van der Waals surface area (Å²) in [6, 6.07) is 15.1. The van der Waals surface area contributed by atoms with Crippen molar-refractivity contribution in [3.8, 4) is 0 Å². The molecule has 1 aliphatic rings. The molecule has 5 nitrogen and oxygen atoms in total. The van der Waals surface area contributed by atoms with E-state index in [9.17, 15) is 9.59 Å². The fourth-order valence-electron chi connectivity index (χ4n) is 3.18. The van der Waals surface area contributed by atoms with Gasteiger partial charge in [-0.3, -0.25) is 4.79 Å². The van der Waals surface area contributed by atoms with Crippen molar-refractivity contribution in [1.82, 2.24) is 0 Å². The summed E-state index contributed by atoms with van der Waals surface area (Å²) in [6.45, 7) is 0.841. The molecule has 130 valence electrons. The van der Waals surface area contributed by atoms with Gasteiger partial charge in [0.05, 0.1) is 7.11 Å². The number of hydrogen-bond acceptors (Lipinski definition) is 3. The molecule has 1 unspecified atom stereocenters. The third kappa shape index (κ3) is 4.27. The molecule has 0 bridgehead atoms. The SMILES string of the molecule is COC(=O)[C@@H]1Cc2ccccc2C[NH+]1CC(=O)Nc1ccc(Br)cc1. The van der Waals surface area contributed by atoms with Crippen LogP contribution in [0.2, 0.25) is 0 Å². The van der Waals surface area contributed by atoms with Gasteiger partial charge in [-0.25, -0.2) is 4.79 Å². The second kappa shape index (κ2) is 7.80. The van der Waals surface area contributed by atoms with E-state index in [-0.39, 0.29) is 24.5 Å². The van der Waals surface area contributed by atoms with Crippen molar-refractivity contribution in [3.63, 3.8) is 0 Å². The lowest BCUT2D eigenvalue weighted by molar-refractivity contribution is -0.924. The lowest BCUT2D eigenvalue weighted by Gasteiger charge is -2.31. The van der Waals surface area contributed by atoms with Crippen LogP contribution in [0, 0.1) is 0 Å². The van der Waals surface area contributed by atoms with Crippen molar-refractivity contribution in [2.45, 2.75) is 19.0 Å². The maximum absolute atomic E-state index is 12.4. The second-order valence-electron chi connectivity index (χ2n) is 6.12. The Balaban J connectivity index is 1.73. The van der Waals surface area contributed by atoms with E-state index in [1.165, 1.54) is 12.7 Å². The van der Waals surface area contributed by atoms with E-state index in [0.29, 0.717) is 13.0 Å². The highest BCUT2D eigenvalue weighted by atomic mass is 79.9. The number of amides is 1. The molecule has 3 rings (SSSR count). The summed E-state index contributed by atoms with van der Waals surface area (Å²) in [6.07, 6.45) is 0.587. The zero-order valence-electron chi connectivity index (χ0n) is 13.9. The van der Waals surface area contributed by atoms with Gasteiger partial charge >= 0.3 is 5.97 Å². The van der Waals surface area contributed by atoms with Crippen molar-refractivity contribution in [2.24, 2.45) is 0 Å². The van der Waals surface area contributed by atoms with E-state index in [0.717, 1.165) is 20.6 Å². The molecule has 0 aliphatic carbocycles. The molecule has 0 aromatic heterocycles. The van der Waals surface area contributed by atoms with Gasteiger partial charge in [-0.1, -0.05) is 40.2 Å². The standard InChI is InChI=1S/C19H19BrN2O3/c1-25-19(24)17-10-13-4-2-3-5-14(13)11-22(17)12-18(23)21-16-8-6-15(20)7-9-16/h2-9,17H,10-12H2,1H3,(H,21,23)/p+1/t17-/m0/s1. The first-order valence-corrected chi connectivity index (χ1v) is 8.90. The number of benzene rings is 2. The van der Waals surface area contributed by atoms with E-state index in [1.54, 1.807) is 0 Å². The van der Waals surface area contributed by atoms with Crippen LogP contribution >= 0.6 is 15.9 Å². The van der Waals surface area contributed by atoms with Crippen LogP contribution in [0.4, 0.5) is 5.69 Å². The number of quaternary nitrogens is 1. The number of esters is 1. The van der Waals surface area contributed by atoms with Crippen molar-refractivity contribution in [3.05, 3.63) is 64.1 Å². The summed E-state index contributed by atoms with van der Waals surface area (Å²) in [7, 11) is 1.39. The lowest BCUT2D eigenvalue weighted by atomic mass is 9.94. The molecule has 25 heavy (non-hydrogen) atoms. The van der Waals surface area contributed by atoms with Crippen LogP contribution in [0.3, 0.4) is 0 Å². The molecule has 2 N–H and O–H groups in total. The Morgan fingerprint density at radius 2 is 1.84 bits per heavy atom. The minimum absolute atomic E-state index is 0.120. The number of halogens is 1. The number of fused-ring (bicyclic) bond motifs is 1. The summed E-state index contributed by atoms with van der Waals surface area (Å²) >= 11 is 3.37. The maximum Gasteiger partial charge on any atom is 0.365 e. The molecular weight excluding hydrogens is 384 g/mol. The second-order valence-corrected chi connectivity index (χ2v) is 7.03. The fraction of sp³-hybridized carbons (Fsp3) is 0.263. The summed E-state index contributed by atoms with van der Waals surface area (Å²) in [5.41, 5.74) is 3.06. The highest BCUT2D eigenvalue weighted by Crippen LogP contribution is 2.15. The number of rotatable bonds is 4. The molecule has 0 saturated carbocycles.